The molecule has 1 aliphatic rings. The molecule has 0 saturated carbocycles. The van der Waals surface area contributed by atoms with Crippen LogP contribution < -0.4 is 10.2 Å². The van der Waals surface area contributed by atoms with Crippen molar-refractivity contribution in [2.75, 3.05) is 18.0 Å². The molecule has 28 heavy (non-hydrogen) atoms. The lowest BCUT2D eigenvalue weighted by atomic mass is 9.98. The molecule has 6 nitrogen and oxygen atoms in total. The Hall–Kier alpha value is -2.89. The second kappa shape index (κ2) is 8.42. The predicted molar refractivity (Wildman–Crippen MR) is 111 cm³/mol. The first-order valence-corrected chi connectivity index (χ1v) is 9.76. The summed E-state index contributed by atoms with van der Waals surface area (Å²) in [5, 5.41) is 14.0. The summed E-state index contributed by atoms with van der Waals surface area (Å²) in [4.78, 5) is 25.5. The van der Waals surface area contributed by atoms with Gasteiger partial charge in [-0.15, -0.1) is 0 Å². The lowest BCUT2D eigenvalue weighted by molar-refractivity contribution is -0.385. The van der Waals surface area contributed by atoms with Gasteiger partial charge in [0.15, 0.2) is 0 Å². The maximum Gasteiger partial charge on any atom is 0.273 e. The van der Waals surface area contributed by atoms with Crippen molar-refractivity contribution in [1.29, 1.82) is 0 Å². The van der Waals surface area contributed by atoms with E-state index in [-0.39, 0.29) is 17.6 Å². The lowest BCUT2D eigenvalue weighted by Crippen LogP contribution is -2.32. The van der Waals surface area contributed by atoms with Crippen LogP contribution in [0.4, 0.5) is 11.4 Å². The van der Waals surface area contributed by atoms with Gasteiger partial charge in [0.25, 0.3) is 11.6 Å². The number of nitro benzene ring substituents is 1. The number of amides is 1. The normalized spacial score (nSPS) is 15.9. The van der Waals surface area contributed by atoms with E-state index in [1.807, 2.05) is 19.1 Å². The molecular formula is C22H27N3O3. The van der Waals surface area contributed by atoms with E-state index >= 15 is 0 Å². The van der Waals surface area contributed by atoms with Crippen molar-refractivity contribution in [2.45, 2.75) is 39.7 Å². The fourth-order valence-corrected chi connectivity index (χ4v) is 3.55. The number of piperidine rings is 1. The van der Waals surface area contributed by atoms with Gasteiger partial charge in [0, 0.05) is 36.0 Å². The molecule has 0 bridgehead atoms. The zero-order valence-electron chi connectivity index (χ0n) is 16.6. The van der Waals surface area contributed by atoms with Crippen LogP contribution in [0.15, 0.2) is 42.5 Å². The molecule has 0 aliphatic carbocycles. The second-order valence-electron chi connectivity index (χ2n) is 7.71. The third-order valence-electron chi connectivity index (χ3n) is 5.56. The summed E-state index contributed by atoms with van der Waals surface area (Å²) in [5.41, 5.74) is 3.01. The second-order valence-corrected chi connectivity index (χ2v) is 7.71. The summed E-state index contributed by atoms with van der Waals surface area (Å²) in [6.45, 7) is 8.04. The van der Waals surface area contributed by atoms with Crippen molar-refractivity contribution < 1.29 is 9.72 Å². The zero-order chi connectivity index (χ0) is 20.3. The van der Waals surface area contributed by atoms with Crippen LogP contribution in [0.5, 0.6) is 0 Å². The van der Waals surface area contributed by atoms with Crippen LogP contribution in [0.3, 0.4) is 0 Å². The van der Waals surface area contributed by atoms with Gasteiger partial charge in [0.2, 0.25) is 0 Å². The SMILES string of the molecule is Cc1ccc(C(=O)N[C@@H](C)c2ccc(N3CCC(C)CC3)cc2)cc1[N+](=O)[O-]. The van der Waals surface area contributed by atoms with Crippen molar-refractivity contribution in [3.63, 3.8) is 0 Å². The highest BCUT2D eigenvalue weighted by molar-refractivity contribution is 5.95. The minimum Gasteiger partial charge on any atom is -0.372 e. The third-order valence-corrected chi connectivity index (χ3v) is 5.56. The van der Waals surface area contributed by atoms with Gasteiger partial charge in [-0.3, -0.25) is 14.9 Å². The highest BCUT2D eigenvalue weighted by Gasteiger charge is 2.18. The summed E-state index contributed by atoms with van der Waals surface area (Å²) >= 11 is 0. The van der Waals surface area contributed by atoms with Crippen molar-refractivity contribution in [3.8, 4) is 0 Å². The molecule has 1 N–H and O–H groups in total. The van der Waals surface area contributed by atoms with Gasteiger partial charge < -0.3 is 10.2 Å². The maximum absolute atomic E-state index is 12.5. The first-order valence-electron chi connectivity index (χ1n) is 9.76. The molecule has 1 atom stereocenters. The largest absolute Gasteiger partial charge is 0.372 e. The number of anilines is 1. The molecule has 0 spiro atoms. The van der Waals surface area contributed by atoms with Gasteiger partial charge in [-0.1, -0.05) is 25.1 Å². The van der Waals surface area contributed by atoms with Crippen molar-refractivity contribution in [1.82, 2.24) is 5.32 Å². The summed E-state index contributed by atoms with van der Waals surface area (Å²) in [7, 11) is 0. The molecular weight excluding hydrogens is 354 g/mol. The molecule has 148 valence electrons. The third kappa shape index (κ3) is 4.50. The molecule has 1 aliphatic heterocycles. The maximum atomic E-state index is 12.5. The Kier molecular flexibility index (Phi) is 5.97. The molecule has 3 rings (SSSR count). The molecule has 1 saturated heterocycles. The summed E-state index contributed by atoms with van der Waals surface area (Å²) < 4.78 is 0. The highest BCUT2D eigenvalue weighted by Crippen LogP contribution is 2.25. The standard InChI is InChI=1S/C22H27N3O3/c1-15-10-12-24(13-11-15)20-8-6-18(7-9-20)17(3)23-22(26)19-5-4-16(2)21(14-19)25(27)28/h4-9,14-15,17H,10-13H2,1-3H3,(H,23,26)/t17-/m0/s1. The van der Waals surface area contributed by atoms with Crippen LogP contribution in [-0.2, 0) is 0 Å². The number of rotatable bonds is 5. The van der Waals surface area contributed by atoms with Gasteiger partial charge in [-0.2, -0.15) is 0 Å². The first-order chi connectivity index (χ1) is 13.3. The van der Waals surface area contributed by atoms with Crippen molar-refractivity contribution >= 4 is 17.3 Å². The van der Waals surface area contributed by atoms with Crippen LogP contribution in [0, 0.1) is 23.0 Å². The predicted octanol–water partition coefficient (Wildman–Crippen LogP) is 4.63. The van der Waals surface area contributed by atoms with Crippen molar-refractivity contribution in [3.05, 3.63) is 69.3 Å². The molecule has 2 aromatic carbocycles. The molecule has 0 radical (unpaired) electrons. The molecule has 6 heteroatoms. The number of hydrogen-bond acceptors (Lipinski definition) is 4. The summed E-state index contributed by atoms with van der Waals surface area (Å²) in [6, 6.07) is 12.6. The highest BCUT2D eigenvalue weighted by atomic mass is 16.6. The van der Waals surface area contributed by atoms with Gasteiger partial charge in [0.05, 0.1) is 11.0 Å². The average Bonchev–Trinajstić information content (AvgIpc) is 2.68. The van der Waals surface area contributed by atoms with E-state index in [1.165, 1.54) is 24.6 Å². The summed E-state index contributed by atoms with van der Waals surface area (Å²) in [5.74, 6) is 0.480. The molecule has 1 amide bonds. The summed E-state index contributed by atoms with van der Waals surface area (Å²) in [6.07, 6.45) is 2.44. The number of aryl methyl sites for hydroxylation is 1. The number of carbonyl (C=O) groups is 1. The van der Waals surface area contributed by atoms with E-state index in [9.17, 15) is 14.9 Å². The first kappa shape index (κ1) is 19.9. The van der Waals surface area contributed by atoms with Crippen molar-refractivity contribution in [2.24, 2.45) is 5.92 Å². The number of hydrogen-bond donors (Lipinski definition) is 1. The number of nitrogens with one attached hydrogen (secondary N) is 1. The fourth-order valence-electron chi connectivity index (χ4n) is 3.55. The minimum atomic E-state index is -0.463. The molecule has 2 aromatic rings. The molecule has 0 unspecified atom stereocenters. The van der Waals surface area contributed by atoms with Crippen LogP contribution in [0.25, 0.3) is 0 Å². The Balaban J connectivity index is 1.66. The van der Waals surface area contributed by atoms with Crippen LogP contribution in [-0.4, -0.2) is 23.9 Å². The lowest BCUT2D eigenvalue weighted by Gasteiger charge is -2.32. The Labute approximate surface area is 165 Å². The number of nitrogens with zero attached hydrogens (tertiary/aromatic N) is 2. The van der Waals surface area contributed by atoms with E-state index in [1.54, 1.807) is 19.1 Å². The van der Waals surface area contributed by atoms with E-state index in [0.717, 1.165) is 24.6 Å². The number of carbonyl (C=O) groups excluding carboxylic acids is 1. The van der Waals surface area contributed by atoms with Gasteiger partial charge in [0.1, 0.15) is 0 Å². The molecule has 1 fully saturated rings. The Morgan fingerprint density at radius 1 is 1.18 bits per heavy atom. The molecule has 1 heterocycles. The van der Waals surface area contributed by atoms with Gasteiger partial charge in [-0.05, 0) is 56.4 Å². The van der Waals surface area contributed by atoms with E-state index < -0.39 is 4.92 Å². The smallest absolute Gasteiger partial charge is 0.273 e. The Morgan fingerprint density at radius 2 is 1.82 bits per heavy atom. The number of benzene rings is 2. The van der Waals surface area contributed by atoms with Crippen LogP contribution in [0.1, 0.15) is 54.2 Å². The van der Waals surface area contributed by atoms with Gasteiger partial charge in [-0.25, -0.2) is 0 Å². The molecule has 0 aromatic heterocycles. The Morgan fingerprint density at radius 3 is 2.43 bits per heavy atom. The topological polar surface area (TPSA) is 75.5 Å². The van der Waals surface area contributed by atoms with E-state index in [0.29, 0.717) is 11.1 Å². The van der Waals surface area contributed by atoms with Crippen LogP contribution >= 0.6 is 0 Å². The minimum absolute atomic E-state index is 0.0412. The quantitative estimate of drug-likeness (QED) is 0.605. The average molecular weight is 381 g/mol. The zero-order valence-corrected chi connectivity index (χ0v) is 16.6. The van der Waals surface area contributed by atoms with Crippen LogP contribution in [0.2, 0.25) is 0 Å². The van der Waals surface area contributed by atoms with E-state index in [2.05, 4.69) is 29.3 Å². The van der Waals surface area contributed by atoms with E-state index in [4.69, 9.17) is 0 Å². The fraction of sp³-hybridized carbons (Fsp3) is 0.409. The number of nitro groups is 1. The Bertz CT molecular complexity index is 856. The monoisotopic (exact) mass is 381 g/mol. The van der Waals surface area contributed by atoms with Gasteiger partial charge >= 0.3 is 0 Å².